The minimum Gasteiger partial charge on any atom is -0.341 e. The van der Waals surface area contributed by atoms with Crippen LogP contribution in [0.15, 0.2) is 6.20 Å². The molecule has 0 unspecified atom stereocenters. The standard InChI is InChI=1S/C15H23N3O/c19-15(17-9-5-1-2-6-10-17)12-18-11-13-7-3-4-8-14(13)16-18/h11H,1-10,12H2. The summed E-state index contributed by atoms with van der Waals surface area (Å²) in [6.07, 6.45) is 11.6. The zero-order valence-electron chi connectivity index (χ0n) is 11.6. The normalized spacial score (nSPS) is 19.9. The van der Waals surface area contributed by atoms with Gasteiger partial charge < -0.3 is 4.90 Å². The van der Waals surface area contributed by atoms with E-state index in [1.54, 1.807) is 0 Å². The van der Waals surface area contributed by atoms with Crippen LogP contribution in [-0.4, -0.2) is 33.7 Å². The fraction of sp³-hybridized carbons (Fsp3) is 0.733. The van der Waals surface area contributed by atoms with Gasteiger partial charge in [-0.1, -0.05) is 12.8 Å². The van der Waals surface area contributed by atoms with Crippen molar-refractivity contribution in [3.63, 3.8) is 0 Å². The molecule has 0 radical (unpaired) electrons. The number of aromatic nitrogens is 2. The van der Waals surface area contributed by atoms with E-state index >= 15 is 0 Å². The monoisotopic (exact) mass is 261 g/mol. The topological polar surface area (TPSA) is 38.1 Å². The van der Waals surface area contributed by atoms with Gasteiger partial charge in [0.05, 0.1) is 5.69 Å². The van der Waals surface area contributed by atoms with Gasteiger partial charge >= 0.3 is 0 Å². The van der Waals surface area contributed by atoms with E-state index in [4.69, 9.17) is 0 Å². The quantitative estimate of drug-likeness (QED) is 0.818. The SMILES string of the molecule is O=C(Cn1cc2c(n1)CCCC2)N1CCCCCC1. The maximum absolute atomic E-state index is 12.3. The van der Waals surface area contributed by atoms with Gasteiger partial charge in [0.15, 0.2) is 0 Å². The highest BCUT2D eigenvalue weighted by Crippen LogP contribution is 2.19. The first-order chi connectivity index (χ1) is 9.33. The molecule has 1 aromatic heterocycles. The molecule has 1 amide bonds. The van der Waals surface area contributed by atoms with Gasteiger partial charge in [-0.05, 0) is 44.1 Å². The molecule has 1 aliphatic carbocycles. The van der Waals surface area contributed by atoms with Crippen molar-refractivity contribution in [3.05, 3.63) is 17.5 Å². The van der Waals surface area contributed by atoms with Gasteiger partial charge in [0.25, 0.3) is 0 Å². The number of hydrogen-bond acceptors (Lipinski definition) is 2. The minimum absolute atomic E-state index is 0.238. The van der Waals surface area contributed by atoms with E-state index in [9.17, 15) is 4.79 Å². The Hall–Kier alpha value is -1.32. The highest BCUT2D eigenvalue weighted by Gasteiger charge is 2.18. The number of nitrogens with zero attached hydrogens (tertiary/aromatic N) is 3. The first kappa shape index (κ1) is 12.7. The van der Waals surface area contributed by atoms with Crippen LogP contribution in [0.25, 0.3) is 0 Å². The molecule has 1 aliphatic heterocycles. The zero-order valence-corrected chi connectivity index (χ0v) is 11.6. The van der Waals surface area contributed by atoms with Crippen LogP contribution in [0.4, 0.5) is 0 Å². The predicted molar refractivity (Wildman–Crippen MR) is 73.9 cm³/mol. The Morgan fingerprint density at radius 2 is 1.79 bits per heavy atom. The fourth-order valence-electron chi connectivity index (χ4n) is 3.17. The van der Waals surface area contributed by atoms with E-state index in [2.05, 4.69) is 11.3 Å². The maximum atomic E-state index is 12.3. The Bertz CT molecular complexity index is 421. The highest BCUT2D eigenvalue weighted by molar-refractivity contribution is 5.75. The summed E-state index contributed by atoms with van der Waals surface area (Å²) in [7, 11) is 0. The first-order valence-corrected chi connectivity index (χ1v) is 7.66. The lowest BCUT2D eigenvalue weighted by atomic mass is 9.99. The molecule has 0 atom stereocenters. The Morgan fingerprint density at radius 1 is 1.05 bits per heavy atom. The van der Waals surface area contributed by atoms with Crippen LogP contribution < -0.4 is 0 Å². The summed E-state index contributed by atoms with van der Waals surface area (Å²) in [6.45, 7) is 2.28. The molecule has 19 heavy (non-hydrogen) atoms. The van der Waals surface area contributed by atoms with E-state index < -0.39 is 0 Å². The smallest absolute Gasteiger partial charge is 0.244 e. The van der Waals surface area contributed by atoms with Crippen LogP contribution >= 0.6 is 0 Å². The second-order valence-corrected chi connectivity index (χ2v) is 5.80. The number of hydrogen-bond donors (Lipinski definition) is 0. The number of aryl methyl sites for hydroxylation is 2. The zero-order chi connectivity index (χ0) is 13.1. The average molecular weight is 261 g/mol. The molecule has 1 fully saturated rings. The number of rotatable bonds is 2. The van der Waals surface area contributed by atoms with Crippen molar-refractivity contribution in [2.24, 2.45) is 0 Å². The summed E-state index contributed by atoms with van der Waals surface area (Å²) in [5.74, 6) is 0.238. The highest BCUT2D eigenvalue weighted by atomic mass is 16.2. The van der Waals surface area contributed by atoms with Crippen molar-refractivity contribution in [1.29, 1.82) is 0 Å². The largest absolute Gasteiger partial charge is 0.341 e. The van der Waals surface area contributed by atoms with Crippen LogP contribution in [0.3, 0.4) is 0 Å². The molecule has 4 nitrogen and oxygen atoms in total. The number of fused-ring (bicyclic) bond motifs is 1. The Labute approximate surface area is 114 Å². The average Bonchev–Trinajstić information content (AvgIpc) is 2.63. The minimum atomic E-state index is 0.238. The molecule has 2 aliphatic rings. The van der Waals surface area contributed by atoms with Crippen molar-refractivity contribution < 1.29 is 4.79 Å². The van der Waals surface area contributed by atoms with E-state index in [1.807, 2.05) is 9.58 Å². The lowest BCUT2D eigenvalue weighted by molar-refractivity contribution is -0.132. The third-order valence-corrected chi connectivity index (χ3v) is 4.29. The molecule has 0 spiro atoms. The van der Waals surface area contributed by atoms with Gasteiger partial charge in [0.2, 0.25) is 5.91 Å². The van der Waals surface area contributed by atoms with Gasteiger partial charge in [-0.15, -0.1) is 0 Å². The molecule has 0 aromatic carbocycles. The van der Waals surface area contributed by atoms with Crippen molar-refractivity contribution in [3.8, 4) is 0 Å². The van der Waals surface area contributed by atoms with Gasteiger partial charge in [-0.3, -0.25) is 9.48 Å². The lowest BCUT2D eigenvalue weighted by Crippen LogP contribution is -2.34. The van der Waals surface area contributed by atoms with Gasteiger partial charge in [0.1, 0.15) is 6.54 Å². The van der Waals surface area contributed by atoms with E-state index in [0.717, 1.165) is 38.8 Å². The molecule has 0 saturated carbocycles. The number of amides is 1. The molecular formula is C15H23N3O. The van der Waals surface area contributed by atoms with Crippen LogP contribution in [0.1, 0.15) is 49.8 Å². The van der Waals surface area contributed by atoms with E-state index in [1.165, 1.54) is 36.9 Å². The molecule has 1 saturated heterocycles. The van der Waals surface area contributed by atoms with Gasteiger partial charge in [-0.25, -0.2) is 0 Å². The van der Waals surface area contributed by atoms with Gasteiger partial charge in [0, 0.05) is 19.3 Å². The molecular weight excluding hydrogens is 238 g/mol. The van der Waals surface area contributed by atoms with E-state index in [0.29, 0.717) is 6.54 Å². The predicted octanol–water partition coefficient (Wildman–Crippen LogP) is 2.16. The van der Waals surface area contributed by atoms with Crippen LogP contribution in [0.2, 0.25) is 0 Å². The Balaban J connectivity index is 1.63. The number of likely N-dealkylation sites (tertiary alicyclic amines) is 1. The maximum Gasteiger partial charge on any atom is 0.244 e. The molecule has 0 bridgehead atoms. The molecule has 1 aromatic rings. The summed E-state index contributed by atoms with van der Waals surface area (Å²) >= 11 is 0. The van der Waals surface area contributed by atoms with Crippen molar-refractivity contribution in [2.45, 2.75) is 57.9 Å². The molecule has 3 rings (SSSR count). The first-order valence-electron chi connectivity index (χ1n) is 7.66. The van der Waals surface area contributed by atoms with Crippen LogP contribution in [0, 0.1) is 0 Å². The summed E-state index contributed by atoms with van der Waals surface area (Å²) in [5, 5.41) is 4.58. The number of carbonyl (C=O) groups excluding carboxylic acids is 1. The summed E-state index contributed by atoms with van der Waals surface area (Å²) in [5.41, 5.74) is 2.57. The lowest BCUT2D eigenvalue weighted by Gasteiger charge is -2.20. The van der Waals surface area contributed by atoms with Crippen molar-refractivity contribution in [1.82, 2.24) is 14.7 Å². The number of carbonyl (C=O) groups is 1. The van der Waals surface area contributed by atoms with Crippen molar-refractivity contribution in [2.75, 3.05) is 13.1 Å². The third kappa shape index (κ3) is 2.99. The summed E-state index contributed by atoms with van der Waals surface area (Å²) < 4.78 is 1.86. The molecule has 104 valence electrons. The second kappa shape index (κ2) is 5.76. The third-order valence-electron chi connectivity index (χ3n) is 4.29. The fourth-order valence-corrected chi connectivity index (χ4v) is 3.17. The second-order valence-electron chi connectivity index (χ2n) is 5.80. The van der Waals surface area contributed by atoms with Gasteiger partial charge in [-0.2, -0.15) is 5.10 Å². The van der Waals surface area contributed by atoms with Crippen molar-refractivity contribution >= 4 is 5.91 Å². The summed E-state index contributed by atoms with van der Waals surface area (Å²) in [4.78, 5) is 14.3. The Kier molecular flexibility index (Phi) is 3.85. The van der Waals surface area contributed by atoms with E-state index in [-0.39, 0.29) is 5.91 Å². The molecule has 0 N–H and O–H groups in total. The Morgan fingerprint density at radius 3 is 2.53 bits per heavy atom. The summed E-state index contributed by atoms with van der Waals surface area (Å²) in [6, 6.07) is 0. The molecule has 4 heteroatoms. The molecule has 2 heterocycles. The van der Waals surface area contributed by atoms with Crippen LogP contribution in [0.5, 0.6) is 0 Å². The van der Waals surface area contributed by atoms with Crippen LogP contribution in [-0.2, 0) is 24.2 Å².